The summed E-state index contributed by atoms with van der Waals surface area (Å²) in [6.45, 7) is 0. The quantitative estimate of drug-likeness (QED) is 0.555. The Morgan fingerprint density at radius 1 is 0.933 bits per heavy atom. The summed E-state index contributed by atoms with van der Waals surface area (Å²) in [5.74, 6) is 0.985. The predicted molar refractivity (Wildman–Crippen MR) is 118 cm³/mol. The van der Waals surface area contributed by atoms with Crippen LogP contribution >= 0.6 is 0 Å². The summed E-state index contributed by atoms with van der Waals surface area (Å²) >= 11 is 0. The second-order valence-electron chi connectivity index (χ2n) is 8.45. The SMILES string of the molecule is O=C(Nc1cc(-c2c[nH]c3c(NC(=O)C4CCCCC4)cccc23)ccn1)C1CC1. The van der Waals surface area contributed by atoms with Crippen LogP contribution in [0.3, 0.4) is 0 Å². The molecular formula is C24H26N4O2. The van der Waals surface area contributed by atoms with Crippen LogP contribution in [-0.2, 0) is 9.59 Å². The van der Waals surface area contributed by atoms with Crippen molar-refractivity contribution >= 4 is 34.2 Å². The Kier molecular flexibility index (Phi) is 4.99. The third kappa shape index (κ3) is 3.82. The molecule has 6 nitrogen and oxygen atoms in total. The first-order valence-corrected chi connectivity index (χ1v) is 10.9. The number of H-pyrrole nitrogens is 1. The molecule has 1 aromatic carbocycles. The zero-order valence-electron chi connectivity index (χ0n) is 16.9. The summed E-state index contributed by atoms with van der Waals surface area (Å²) in [5, 5.41) is 7.08. The Balaban J connectivity index is 1.40. The molecule has 0 bridgehead atoms. The lowest BCUT2D eigenvalue weighted by molar-refractivity contribution is -0.120. The van der Waals surface area contributed by atoms with Crippen LogP contribution < -0.4 is 10.6 Å². The van der Waals surface area contributed by atoms with Crippen molar-refractivity contribution in [3.8, 4) is 11.1 Å². The van der Waals surface area contributed by atoms with E-state index in [4.69, 9.17) is 0 Å². The first-order chi connectivity index (χ1) is 14.7. The number of aromatic nitrogens is 2. The molecular weight excluding hydrogens is 376 g/mol. The van der Waals surface area contributed by atoms with Crippen LogP contribution in [-0.4, -0.2) is 21.8 Å². The summed E-state index contributed by atoms with van der Waals surface area (Å²) in [5.41, 5.74) is 3.71. The van der Waals surface area contributed by atoms with E-state index in [1.165, 1.54) is 6.42 Å². The van der Waals surface area contributed by atoms with Crippen molar-refractivity contribution in [3.05, 3.63) is 42.7 Å². The number of nitrogens with one attached hydrogen (secondary N) is 3. The molecule has 5 rings (SSSR count). The van der Waals surface area contributed by atoms with Crippen molar-refractivity contribution < 1.29 is 9.59 Å². The number of rotatable bonds is 5. The second kappa shape index (κ2) is 7.94. The summed E-state index contributed by atoms with van der Waals surface area (Å²) in [4.78, 5) is 32.4. The van der Waals surface area contributed by atoms with Gasteiger partial charge in [-0.2, -0.15) is 0 Å². The average Bonchev–Trinajstić information content (AvgIpc) is 3.54. The van der Waals surface area contributed by atoms with E-state index in [1.807, 2.05) is 36.5 Å². The van der Waals surface area contributed by atoms with E-state index in [2.05, 4.69) is 20.6 Å². The Hall–Kier alpha value is -3.15. The Morgan fingerprint density at radius 2 is 1.70 bits per heavy atom. The Labute approximate surface area is 175 Å². The van der Waals surface area contributed by atoms with Crippen LogP contribution in [0, 0.1) is 11.8 Å². The fraction of sp³-hybridized carbons (Fsp3) is 0.375. The zero-order valence-corrected chi connectivity index (χ0v) is 16.9. The lowest BCUT2D eigenvalue weighted by Crippen LogP contribution is -2.24. The van der Waals surface area contributed by atoms with Crippen molar-refractivity contribution in [2.75, 3.05) is 10.6 Å². The minimum atomic E-state index is 0.0475. The minimum Gasteiger partial charge on any atom is -0.359 e. The van der Waals surface area contributed by atoms with Gasteiger partial charge >= 0.3 is 0 Å². The van der Waals surface area contributed by atoms with Gasteiger partial charge < -0.3 is 15.6 Å². The first-order valence-electron chi connectivity index (χ1n) is 10.9. The number of carbonyl (C=O) groups excluding carboxylic acids is 2. The fourth-order valence-electron chi connectivity index (χ4n) is 4.34. The van der Waals surface area contributed by atoms with Gasteiger partial charge in [0.25, 0.3) is 0 Å². The van der Waals surface area contributed by atoms with Crippen LogP contribution in [0.2, 0.25) is 0 Å². The molecule has 2 aliphatic carbocycles. The molecule has 0 saturated heterocycles. The molecule has 0 atom stereocenters. The van der Waals surface area contributed by atoms with Crippen molar-refractivity contribution in [2.45, 2.75) is 44.9 Å². The number of amides is 2. The first kappa shape index (κ1) is 18.9. The summed E-state index contributed by atoms with van der Waals surface area (Å²) in [6, 6.07) is 9.78. The number of aromatic amines is 1. The van der Waals surface area contributed by atoms with Gasteiger partial charge in [0.2, 0.25) is 11.8 Å². The molecule has 3 N–H and O–H groups in total. The van der Waals surface area contributed by atoms with Gasteiger partial charge in [-0.15, -0.1) is 0 Å². The highest BCUT2D eigenvalue weighted by molar-refractivity contribution is 6.06. The summed E-state index contributed by atoms with van der Waals surface area (Å²) in [7, 11) is 0. The molecule has 154 valence electrons. The van der Waals surface area contributed by atoms with E-state index >= 15 is 0 Å². The molecule has 2 fully saturated rings. The Morgan fingerprint density at radius 3 is 2.50 bits per heavy atom. The number of hydrogen-bond acceptors (Lipinski definition) is 3. The van der Waals surface area contributed by atoms with Crippen molar-refractivity contribution in [2.24, 2.45) is 11.8 Å². The molecule has 30 heavy (non-hydrogen) atoms. The molecule has 2 heterocycles. The lowest BCUT2D eigenvalue weighted by Gasteiger charge is -2.20. The third-order valence-corrected chi connectivity index (χ3v) is 6.22. The average molecular weight is 402 g/mol. The number of pyridine rings is 1. The van der Waals surface area contributed by atoms with E-state index in [1.54, 1.807) is 6.20 Å². The molecule has 2 saturated carbocycles. The van der Waals surface area contributed by atoms with Gasteiger partial charge in [-0.05, 0) is 49.4 Å². The van der Waals surface area contributed by atoms with E-state index in [9.17, 15) is 9.59 Å². The van der Waals surface area contributed by atoms with Crippen molar-refractivity contribution in [1.82, 2.24) is 9.97 Å². The van der Waals surface area contributed by atoms with Crippen molar-refractivity contribution in [1.29, 1.82) is 0 Å². The Bertz CT molecular complexity index is 1090. The van der Waals surface area contributed by atoms with Gasteiger partial charge in [0.1, 0.15) is 5.82 Å². The third-order valence-electron chi connectivity index (χ3n) is 6.22. The van der Waals surface area contributed by atoms with Crippen LogP contribution in [0.5, 0.6) is 0 Å². The number of anilines is 2. The van der Waals surface area contributed by atoms with Crippen LogP contribution in [0.4, 0.5) is 11.5 Å². The standard InChI is InChI=1S/C24H26N4O2/c29-23(15-5-2-1-3-6-15)27-20-8-4-7-18-19(14-26-22(18)20)17-11-12-25-21(13-17)28-24(30)16-9-10-16/h4,7-8,11-16,26H,1-3,5-6,9-10H2,(H,27,29)(H,25,28,30). The number of carbonyl (C=O) groups is 2. The van der Waals surface area contributed by atoms with E-state index in [0.29, 0.717) is 5.82 Å². The molecule has 0 spiro atoms. The second-order valence-corrected chi connectivity index (χ2v) is 8.45. The van der Waals surface area contributed by atoms with Crippen LogP contribution in [0.1, 0.15) is 44.9 Å². The zero-order chi connectivity index (χ0) is 20.5. The van der Waals surface area contributed by atoms with Crippen LogP contribution in [0.25, 0.3) is 22.0 Å². The molecule has 6 heteroatoms. The van der Waals surface area contributed by atoms with Gasteiger partial charge in [-0.1, -0.05) is 31.4 Å². The predicted octanol–water partition coefficient (Wildman–Crippen LogP) is 5.10. The number of nitrogens with zero attached hydrogens (tertiary/aromatic N) is 1. The maximum Gasteiger partial charge on any atom is 0.228 e. The minimum absolute atomic E-state index is 0.0475. The topological polar surface area (TPSA) is 86.9 Å². The van der Waals surface area contributed by atoms with Crippen LogP contribution in [0.15, 0.2) is 42.7 Å². The highest BCUT2D eigenvalue weighted by atomic mass is 16.2. The van der Waals surface area contributed by atoms with Gasteiger partial charge in [0, 0.05) is 35.2 Å². The molecule has 2 aromatic heterocycles. The number of benzene rings is 1. The maximum atomic E-state index is 12.7. The number of hydrogen-bond donors (Lipinski definition) is 3. The largest absolute Gasteiger partial charge is 0.359 e. The van der Waals surface area contributed by atoms with E-state index in [0.717, 1.165) is 66.2 Å². The highest BCUT2D eigenvalue weighted by Crippen LogP contribution is 2.34. The highest BCUT2D eigenvalue weighted by Gasteiger charge is 2.29. The fourth-order valence-corrected chi connectivity index (χ4v) is 4.34. The maximum absolute atomic E-state index is 12.7. The van der Waals surface area contributed by atoms with Gasteiger partial charge in [0.05, 0.1) is 11.2 Å². The molecule has 2 amide bonds. The summed E-state index contributed by atoms with van der Waals surface area (Å²) in [6.07, 6.45) is 11.0. The van der Waals surface area contributed by atoms with Crippen molar-refractivity contribution in [3.63, 3.8) is 0 Å². The van der Waals surface area contributed by atoms with Gasteiger partial charge in [-0.25, -0.2) is 4.98 Å². The smallest absolute Gasteiger partial charge is 0.228 e. The molecule has 0 radical (unpaired) electrons. The monoisotopic (exact) mass is 402 g/mol. The van der Waals surface area contributed by atoms with E-state index in [-0.39, 0.29) is 23.7 Å². The molecule has 3 aromatic rings. The number of para-hydroxylation sites is 1. The molecule has 2 aliphatic rings. The van der Waals surface area contributed by atoms with Gasteiger partial charge in [-0.3, -0.25) is 9.59 Å². The lowest BCUT2D eigenvalue weighted by atomic mass is 9.88. The van der Waals surface area contributed by atoms with Gasteiger partial charge in [0.15, 0.2) is 0 Å². The van der Waals surface area contributed by atoms with E-state index < -0.39 is 0 Å². The normalized spacial score (nSPS) is 17.1. The molecule has 0 aliphatic heterocycles. The molecule has 0 unspecified atom stereocenters. The summed E-state index contributed by atoms with van der Waals surface area (Å²) < 4.78 is 0. The number of fused-ring (bicyclic) bond motifs is 1.